The van der Waals surface area contributed by atoms with Crippen LogP contribution in [0.3, 0.4) is 0 Å². The summed E-state index contributed by atoms with van der Waals surface area (Å²) in [5.74, 6) is -0.106. The number of hydrogen-bond acceptors (Lipinski definition) is 13. The Morgan fingerprint density at radius 1 is 0.923 bits per heavy atom. The highest BCUT2D eigenvalue weighted by atomic mass is 16.5. The van der Waals surface area contributed by atoms with E-state index in [1.165, 1.54) is 24.2 Å². The van der Waals surface area contributed by atoms with Gasteiger partial charge in [-0.15, -0.1) is 0 Å². The Morgan fingerprint density at radius 2 is 1.69 bits per heavy atom. The number of allylic oxidation sites excluding steroid dienone is 1. The van der Waals surface area contributed by atoms with Crippen molar-refractivity contribution >= 4 is 23.6 Å². The summed E-state index contributed by atoms with van der Waals surface area (Å²) in [7, 11) is 3.09. The van der Waals surface area contributed by atoms with E-state index in [2.05, 4.69) is 34.9 Å². The van der Waals surface area contributed by atoms with Crippen LogP contribution >= 0.6 is 0 Å². The first kappa shape index (κ1) is 42.9. The van der Waals surface area contributed by atoms with Gasteiger partial charge in [0.15, 0.2) is 17.7 Å². The van der Waals surface area contributed by atoms with Crippen molar-refractivity contribution in [3.63, 3.8) is 0 Å². The Balaban J connectivity index is 0.979. The molecule has 14 heteroatoms. The van der Waals surface area contributed by atoms with E-state index in [1.807, 2.05) is 31.2 Å². The molecule has 10 rings (SSSR count). The number of methoxy groups -OCH3 is 2. The molecular weight excluding hydrogens is 831 g/mol. The van der Waals surface area contributed by atoms with Crippen molar-refractivity contribution in [2.24, 2.45) is 17.8 Å². The molecule has 65 heavy (non-hydrogen) atoms. The number of aromatic hydroxyl groups is 1. The first-order valence-electron chi connectivity index (χ1n) is 22.6. The van der Waals surface area contributed by atoms with Gasteiger partial charge in [0.25, 0.3) is 11.8 Å². The molecule has 0 spiro atoms. The number of phenolic OH excluding ortho intramolecular Hbond substituents is 1. The van der Waals surface area contributed by atoms with Gasteiger partial charge in [0.05, 0.1) is 45.7 Å². The minimum atomic E-state index is -1.06. The number of ether oxygens (including phenoxy) is 5. The van der Waals surface area contributed by atoms with Gasteiger partial charge < -0.3 is 49.4 Å². The Hall–Kier alpha value is -6.06. The molecule has 3 aliphatic heterocycles. The number of imide groups is 1. The first-order chi connectivity index (χ1) is 31.6. The molecule has 1 saturated carbocycles. The van der Waals surface area contributed by atoms with Crippen LogP contribution in [0.25, 0.3) is 17.2 Å². The van der Waals surface area contributed by atoms with Crippen molar-refractivity contribution in [3.8, 4) is 45.6 Å². The number of rotatable bonds is 14. The van der Waals surface area contributed by atoms with Crippen LogP contribution in [0.1, 0.15) is 83.4 Å². The molecule has 7 atom stereocenters. The van der Waals surface area contributed by atoms with Gasteiger partial charge >= 0.3 is 0 Å². The van der Waals surface area contributed by atoms with E-state index in [4.69, 9.17) is 23.7 Å². The second-order valence-electron chi connectivity index (χ2n) is 17.9. The van der Waals surface area contributed by atoms with Gasteiger partial charge in [-0.25, -0.2) is 0 Å². The SMILES string of the molecule is CCNCOc1cc(OC)c2c3c1C(O)Nc1cc4c(c(c1-3)CC2)C(O)C(c1cc(OC)c(O)c(OCC(CO)C23CCCC(CN5C(=O)C=CC5=O)C2C=Cc2ccccc23)c1)CO4. The van der Waals surface area contributed by atoms with Crippen LogP contribution in [0.5, 0.6) is 34.5 Å². The molecule has 0 saturated heterocycles. The number of benzene rings is 4. The maximum Gasteiger partial charge on any atom is 0.253 e. The van der Waals surface area contributed by atoms with E-state index in [9.17, 15) is 30.0 Å². The van der Waals surface area contributed by atoms with E-state index in [-0.39, 0.29) is 74.0 Å². The number of amides is 2. The zero-order chi connectivity index (χ0) is 45.1. The quantitative estimate of drug-likeness (QED) is 0.0489. The predicted octanol–water partition coefficient (Wildman–Crippen LogP) is 6.04. The Labute approximate surface area is 377 Å². The monoisotopic (exact) mass is 885 g/mol. The van der Waals surface area contributed by atoms with Crippen molar-refractivity contribution in [3.05, 3.63) is 106 Å². The number of nitrogens with zero attached hydrogens (tertiary/aromatic N) is 1. The van der Waals surface area contributed by atoms with Crippen molar-refractivity contribution < 1.29 is 53.7 Å². The molecule has 3 aliphatic carbocycles. The molecule has 2 amide bonds. The van der Waals surface area contributed by atoms with Crippen LogP contribution in [-0.2, 0) is 27.8 Å². The normalized spacial score (nSPS) is 24.8. The zero-order valence-electron chi connectivity index (χ0n) is 36.8. The lowest BCUT2D eigenvalue weighted by molar-refractivity contribution is -0.138. The van der Waals surface area contributed by atoms with E-state index in [1.54, 1.807) is 19.2 Å². The van der Waals surface area contributed by atoms with E-state index in [0.717, 1.165) is 52.6 Å². The summed E-state index contributed by atoms with van der Waals surface area (Å²) in [4.78, 5) is 26.8. The van der Waals surface area contributed by atoms with Gasteiger partial charge in [-0.1, -0.05) is 49.8 Å². The van der Waals surface area contributed by atoms with E-state index in [0.29, 0.717) is 59.0 Å². The summed E-state index contributed by atoms with van der Waals surface area (Å²) in [6.45, 7) is 3.12. The standard InChI is InChI=1S/C51H55N3O11/c1-4-52-26-65-39-21-37(61-2)31-12-13-32-44-36(53-50(60)47(39)46(31)44)20-38-45(32)48(58)33(25-64-38)29-18-40(62-3)49(59)41(19-29)63-24-30(23-55)51-17-7-9-28(22-54-42(56)15-16-43(54)57)35(51)14-11-27-8-5-6-10-34(27)51/h5-6,8,10-11,14-16,18-21,28,30,33,35,48,50,52-53,55,58-60H,4,7,9,12-13,17,22-26H2,1-3H3. The second kappa shape index (κ2) is 17.1. The van der Waals surface area contributed by atoms with Gasteiger partial charge in [-0.3, -0.25) is 19.8 Å². The number of carbonyl (C=O) groups is 2. The number of nitrogens with one attached hydrogen (secondary N) is 2. The van der Waals surface area contributed by atoms with Crippen molar-refractivity contribution in [1.82, 2.24) is 10.2 Å². The topological polar surface area (TPSA) is 189 Å². The smallest absolute Gasteiger partial charge is 0.253 e. The van der Waals surface area contributed by atoms with Crippen LogP contribution in [0.15, 0.2) is 66.8 Å². The molecule has 7 unspecified atom stereocenters. The molecule has 0 radical (unpaired) electrons. The van der Waals surface area contributed by atoms with Crippen LogP contribution in [-0.4, -0.2) is 91.0 Å². The minimum Gasteiger partial charge on any atom is -0.502 e. The van der Waals surface area contributed by atoms with Gasteiger partial charge in [-0.05, 0) is 78.5 Å². The largest absolute Gasteiger partial charge is 0.502 e. The number of carbonyl (C=O) groups excluding carboxylic acids is 2. The molecule has 6 N–H and O–H groups in total. The molecule has 6 aliphatic rings. The third-order valence-electron chi connectivity index (χ3n) is 14.8. The fourth-order valence-corrected chi connectivity index (χ4v) is 11.8. The highest BCUT2D eigenvalue weighted by Gasteiger charge is 2.53. The van der Waals surface area contributed by atoms with Crippen molar-refractivity contribution in [2.45, 2.75) is 62.7 Å². The lowest BCUT2D eigenvalue weighted by Gasteiger charge is -2.54. The van der Waals surface area contributed by atoms with Crippen LogP contribution in [0, 0.1) is 17.8 Å². The summed E-state index contributed by atoms with van der Waals surface area (Å²) in [6.07, 6.45) is 8.35. The number of aliphatic hydroxyl groups excluding tert-OH is 3. The third kappa shape index (κ3) is 6.91. The molecule has 3 heterocycles. The lowest BCUT2D eigenvalue weighted by Crippen LogP contribution is -2.54. The van der Waals surface area contributed by atoms with Gasteiger partial charge in [0.1, 0.15) is 24.0 Å². The molecule has 0 bridgehead atoms. The molecule has 0 aromatic heterocycles. The molecular formula is C51H55N3O11. The second-order valence-corrected chi connectivity index (χ2v) is 17.9. The van der Waals surface area contributed by atoms with E-state index < -0.39 is 29.6 Å². The van der Waals surface area contributed by atoms with Gasteiger partial charge in [-0.2, -0.15) is 0 Å². The third-order valence-corrected chi connectivity index (χ3v) is 14.8. The summed E-state index contributed by atoms with van der Waals surface area (Å²) < 4.78 is 30.8. The van der Waals surface area contributed by atoms with Crippen molar-refractivity contribution in [1.29, 1.82) is 0 Å². The van der Waals surface area contributed by atoms with Crippen LogP contribution in [0.4, 0.5) is 5.69 Å². The average Bonchev–Trinajstić information content (AvgIpc) is 3.63. The number of fused-ring (bicyclic) bond motifs is 5. The van der Waals surface area contributed by atoms with E-state index >= 15 is 0 Å². The number of phenols is 1. The average molecular weight is 886 g/mol. The highest BCUT2D eigenvalue weighted by Crippen LogP contribution is 2.59. The van der Waals surface area contributed by atoms with Gasteiger partial charge in [0, 0.05) is 76.0 Å². The van der Waals surface area contributed by atoms with Crippen molar-refractivity contribution in [2.75, 3.05) is 59.2 Å². The molecule has 4 aromatic carbocycles. The summed E-state index contributed by atoms with van der Waals surface area (Å²) >= 11 is 0. The lowest BCUT2D eigenvalue weighted by atomic mass is 9.51. The van der Waals surface area contributed by atoms with Crippen LogP contribution < -0.4 is 34.3 Å². The zero-order valence-corrected chi connectivity index (χ0v) is 36.8. The molecule has 340 valence electrons. The molecule has 14 nitrogen and oxygen atoms in total. The Bertz CT molecular complexity index is 2610. The van der Waals surface area contributed by atoms with Gasteiger partial charge in [0.2, 0.25) is 5.75 Å². The predicted molar refractivity (Wildman–Crippen MR) is 241 cm³/mol. The number of anilines is 1. The highest BCUT2D eigenvalue weighted by molar-refractivity contribution is 6.12. The fraction of sp³-hybridized carbons (Fsp3) is 0.412. The summed E-state index contributed by atoms with van der Waals surface area (Å²) in [5.41, 5.74) is 7.63. The minimum absolute atomic E-state index is 0.0261. The Kier molecular flexibility index (Phi) is 11.2. The summed E-state index contributed by atoms with van der Waals surface area (Å²) in [5, 5.41) is 53.4. The van der Waals surface area contributed by atoms with Crippen LogP contribution in [0.2, 0.25) is 0 Å². The molecule has 1 fully saturated rings. The number of hydrogen-bond donors (Lipinski definition) is 6. The maximum atomic E-state index is 12.7. The maximum absolute atomic E-state index is 12.7. The fourth-order valence-electron chi connectivity index (χ4n) is 11.8. The molecule has 4 aromatic rings. The number of aliphatic hydroxyl groups is 3. The first-order valence-corrected chi connectivity index (χ1v) is 22.6. The Morgan fingerprint density at radius 3 is 2.46 bits per heavy atom. The summed E-state index contributed by atoms with van der Waals surface area (Å²) in [6, 6.07) is 15.2.